The molecule has 29 heavy (non-hydrogen) atoms. The van der Waals surface area contributed by atoms with Crippen LogP contribution in [0.3, 0.4) is 0 Å². The Labute approximate surface area is 168 Å². The van der Waals surface area contributed by atoms with Crippen molar-refractivity contribution >= 4 is 28.9 Å². The lowest BCUT2D eigenvalue weighted by Crippen LogP contribution is -2.20. The van der Waals surface area contributed by atoms with E-state index in [1.54, 1.807) is 24.1 Å². The van der Waals surface area contributed by atoms with Gasteiger partial charge in [-0.05, 0) is 56.2 Å². The molecular formula is C23H21N3O3. The van der Waals surface area contributed by atoms with Crippen molar-refractivity contribution in [2.24, 2.45) is 0 Å². The second kappa shape index (κ2) is 6.74. The fourth-order valence-corrected chi connectivity index (χ4v) is 4.00. The van der Waals surface area contributed by atoms with E-state index < -0.39 is 0 Å². The Bertz CT molecular complexity index is 1200. The number of aryl methyl sites for hydroxylation is 2. The number of nitrogens with zero attached hydrogens (tertiary/aromatic N) is 3. The van der Waals surface area contributed by atoms with Gasteiger partial charge in [0.15, 0.2) is 0 Å². The molecular weight excluding hydrogens is 366 g/mol. The lowest BCUT2D eigenvalue weighted by Gasteiger charge is -2.12. The van der Waals surface area contributed by atoms with Crippen LogP contribution in [0.1, 0.15) is 28.1 Å². The highest BCUT2D eigenvalue weighted by molar-refractivity contribution is 6.35. The first-order valence-corrected chi connectivity index (χ1v) is 9.33. The minimum absolute atomic E-state index is 0.0254. The van der Waals surface area contributed by atoms with E-state index in [4.69, 9.17) is 0 Å². The summed E-state index contributed by atoms with van der Waals surface area (Å²) in [4.78, 5) is 25.1. The normalized spacial score (nSPS) is 14.6. The van der Waals surface area contributed by atoms with Gasteiger partial charge in [0.2, 0.25) is 0 Å². The van der Waals surface area contributed by atoms with E-state index >= 15 is 0 Å². The summed E-state index contributed by atoms with van der Waals surface area (Å²) in [5, 5.41) is 11.0. The summed E-state index contributed by atoms with van der Waals surface area (Å²) in [6, 6.07) is 14.7. The summed E-state index contributed by atoms with van der Waals surface area (Å²) in [7, 11) is 1.78. The number of amides is 1. The van der Waals surface area contributed by atoms with Crippen molar-refractivity contribution in [3.8, 4) is 5.69 Å². The molecule has 0 saturated carbocycles. The molecule has 0 unspecified atom stereocenters. The zero-order valence-electron chi connectivity index (χ0n) is 16.8. The largest absolute Gasteiger partial charge is 0.318 e. The van der Waals surface area contributed by atoms with Gasteiger partial charge in [-0.3, -0.25) is 14.9 Å². The maximum Gasteiger partial charge on any atom is 0.269 e. The average Bonchev–Trinajstić information content (AvgIpc) is 3.10. The molecule has 0 bridgehead atoms. The number of likely N-dealkylation sites (N-methyl/N-ethyl adjacent to an activating group) is 1. The molecule has 0 radical (unpaired) electrons. The Morgan fingerprint density at radius 1 is 1.00 bits per heavy atom. The number of aromatic nitrogens is 1. The Morgan fingerprint density at radius 2 is 1.72 bits per heavy atom. The molecule has 1 aliphatic rings. The molecule has 0 fully saturated rings. The second-order valence-electron chi connectivity index (χ2n) is 7.33. The van der Waals surface area contributed by atoms with E-state index in [1.165, 1.54) is 6.07 Å². The maximum atomic E-state index is 12.8. The third kappa shape index (κ3) is 2.93. The van der Waals surface area contributed by atoms with Gasteiger partial charge < -0.3 is 9.47 Å². The molecule has 4 rings (SSSR count). The molecule has 146 valence electrons. The highest BCUT2D eigenvalue weighted by Crippen LogP contribution is 2.37. The predicted molar refractivity (Wildman–Crippen MR) is 114 cm³/mol. The third-order valence-electron chi connectivity index (χ3n) is 5.49. The van der Waals surface area contributed by atoms with Gasteiger partial charge >= 0.3 is 0 Å². The number of nitro benzene ring substituents is 1. The smallest absolute Gasteiger partial charge is 0.269 e. The summed E-state index contributed by atoms with van der Waals surface area (Å²) in [5.41, 5.74) is 7.22. The number of fused-ring (bicyclic) bond motifs is 1. The van der Waals surface area contributed by atoms with Crippen LogP contribution in [0.2, 0.25) is 0 Å². The van der Waals surface area contributed by atoms with E-state index in [1.807, 2.05) is 57.2 Å². The first-order valence-electron chi connectivity index (χ1n) is 9.33. The van der Waals surface area contributed by atoms with Crippen molar-refractivity contribution in [2.75, 3.05) is 11.9 Å². The zero-order valence-corrected chi connectivity index (χ0v) is 16.8. The predicted octanol–water partition coefficient (Wildman–Crippen LogP) is 4.83. The van der Waals surface area contributed by atoms with Gasteiger partial charge in [0, 0.05) is 47.4 Å². The quantitative estimate of drug-likeness (QED) is 0.367. The topological polar surface area (TPSA) is 68.4 Å². The van der Waals surface area contributed by atoms with Gasteiger partial charge in [-0.15, -0.1) is 0 Å². The molecule has 3 aromatic rings. The fourth-order valence-electron chi connectivity index (χ4n) is 4.00. The summed E-state index contributed by atoms with van der Waals surface area (Å²) < 4.78 is 2.07. The molecule has 0 aliphatic carbocycles. The monoisotopic (exact) mass is 387 g/mol. The summed E-state index contributed by atoms with van der Waals surface area (Å²) in [5.74, 6) is -0.0254. The van der Waals surface area contributed by atoms with E-state index in [2.05, 4.69) is 4.57 Å². The number of hydrogen-bond acceptors (Lipinski definition) is 3. The maximum absolute atomic E-state index is 12.8. The Morgan fingerprint density at radius 3 is 2.41 bits per heavy atom. The van der Waals surface area contributed by atoms with E-state index in [0.29, 0.717) is 5.57 Å². The standard InChI is InChI=1S/C23H21N3O3/c1-14-11-18(26(28)29)9-10-21(14)25-15(2)12-17(16(25)3)13-20-19-7-5-6-8-22(19)24(4)23(20)27/h5-13H,1-4H3/b20-13+. The van der Waals surface area contributed by atoms with Crippen LogP contribution in [0.5, 0.6) is 0 Å². The fraction of sp³-hybridized carbons (Fsp3) is 0.174. The van der Waals surface area contributed by atoms with Crippen molar-refractivity contribution in [1.82, 2.24) is 4.57 Å². The SMILES string of the molecule is Cc1cc([N+](=O)[O-])ccc1-n1c(C)cc(/C=C2/C(=O)N(C)c3ccccc32)c1C. The van der Waals surface area contributed by atoms with E-state index in [0.717, 1.165) is 39.5 Å². The van der Waals surface area contributed by atoms with Crippen LogP contribution in [-0.2, 0) is 4.79 Å². The lowest BCUT2D eigenvalue weighted by molar-refractivity contribution is -0.384. The number of carbonyl (C=O) groups is 1. The molecule has 1 aliphatic heterocycles. The van der Waals surface area contributed by atoms with Crippen molar-refractivity contribution in [2.45, 2.75) is 20.8 Å². The highest BCUT2D eigenvalue weighted by Gasteiger charge is 2.29. The molecule has 1 amide bonds. The Hall–Kier alpha value is -3.67. The molecule has 1 aromatic heterocycles. The molecule has 0 saturated heterocycles. The number of hydrogen-bond donors (Lipinski definition) is 0. The molecule has 6 nitrogen and oxygen atoms in total. The van der Waals surface area contributed by atoms with Gasteiger partial charge in [0.05, 0.1) is 10.6 Å². The average molecular weight is 387 g/mol. The number of rotatable bonds is 3. The molecule has 0 atom stereocenters. The number of carbonyl (C=O) groups excluding carboxylic acids is 1. The van der Waals surface area contributed by atoms with Crippen LogP contribution < -0.4 is 4.90 Å². The van der Waals surface area contributed by atoms with Gasteiger partial charge in [-0.1, -0.05) is 18.2 Å². The van der Waals surface area contributed by atoms with Crippen LogP contribution in [-0.4, -0.2) is 22.4 Å². The van der Waals surface area contributed by atoms with Gasteiger partial charge in [-0.2, -0.15) is 0 Å². The highest BCUT2D eigenvalue weighted by atomic mass is 16.6. The number of anilines is 1. The zero-order chi connectivity index (χ0) is 20.9. The van der Waals surface area contributed by atoms with E-state index in [9.17, 15) is 14.9 Å². The first kappa shape index (κ1) is 18.7. The van der Waals surface area contributed by atoms with Crippen molar-refractivity contribution < 1.29 is 9.72 Å². The minimum Gasteiger partial charge on any atom is -0.318 e. The minimum atomic E-state index is -0.387. The third-order valence-corrected chi connectivity index (χ3v) is 5.49. The number of nitro groups is 1. The number of para-hydroxylation sites is 1. The summed E-state index contributed by atoms with van der Waals surface area (Å²) >= 11 is 0. The lowest BCUT2D eigenvalue weighted by atomic mass is 10.0. The van der Waals surface area contributed by atoms with Crippen molar-refractivity contribution in [1.29, 1.82) is 0 Å². The number of non-ortho nitro benzene ring substituents is 1. The van der Waals surface area contributed by atoms with Crippen molar-refractivity contribution in [3.05, 3.63) is 86.7 Å². The van der Waals surface area contributed by atoms with Crippen LogP contribution in [0.25, 0.3) is 17.3 Å². The van der Waals surface area contributed by atoms with E-state index in [-0.39, 0.29) is 16.5 Å². The van der Waals surface area contributed by atoms with Crippen LogP contribution in [0.4, 0.5) is 11.4 Å². The Kier molecular flexibility index (Phi) is 4.34. The van der Waals surface area contributed by atoms with Crippen LogP contribution in [0, 0.1) is 30.9 Å². The summed E-state index contributed by atoms with van der Waals surface area (Å²) in [6.07, 6.45) is 1.93. The molecule has 0 N–H and O–H groups in total. The molecule has 2 aromatic carbocycles. The van der Waals surface area contributed by atoms with Gasteiger partial charge in [-0.25, -0.2) is 0 Å². The second-order valence-corrected chi connectivity index (χ2v) is 7.33. The molecule has 0 spiro atoms. The molecule has 2 heterocycles. The molecule has 6 heteroatoms. The van der Waals surface area contributed by atoms with Crippen LogP contribution in [0.15, 0.2) is 48.5 Å². The summed E-state index contributed by atoms with van der Waals surface area (Å²) in [6.45, 7) is 5.85. The van der Waals surface area contributed by atoms with Gasteiger partial charge in [0.25, 0.3) is 11.6 Å². The van der Waals surface area contributed by atoms with Crippen molar-refractivity contribution in [3.63, 3.8) is 0 Å². The Balaban J connectivity index is 1.83. The van der Waals surface area contributed by atoms with Gasteiger partial charge in [0.1, 0.15) is 0 Å². The first-order chi connectivity index (χ1) is 13.8. The van der Waals surface area contributed by atoms with Crippen LogP contribution >= 0.6 is 0 Å². The number of benzene rings is 2.